The summed E-state index contributed by atoms with van der Waals surface area (Å²) in [4.78, 5) is 23.1. The number of aliphatic hydroxyl groups is 1. The van der Waals surface area contributed by atoms with Crippen molar-refractivity contribution in [2.24, 2.45) is 5.41 Å². The van der Waals surface area contributed by atoms with Gasteiger partial charge in [-0.25, -0.2) is 0 Å². The SMILES string of the molecule is CCC(CC)(CCO)CNC(=O)Cc1ccc(NC(C)=O)cc1. The number of hydrogen-bond acceptors (Lipinski definition) is 3. The van der Waals surface area contributed by atoms with Crippen molar-refractivity contribution >= 4 is 17.5 Å². The molecular formula is C18H28N2O3. The highest BCUT2D eigenvalue weighted by molar-refractivity contribution is 5.88. The smallest absolute Gasteiger partial charge is 0.224 e. The van der Waals surface area contributed by atoms with Crippen LogP contribution >= 0.6 is 0 Å². The number of rotatable bonds is 9. The lowest BCUT2D eigenvalue weighted by Crippen LogP contribution is -2.38. The van der Waals surface area contributed by atoms with Gasteiger partial charge in [-0.15, -0.1) is 0 Å². The minimum Gasteiger partial charge on any atom is -0.396 e. The zero-order chi connectivity index (χ0) is 17.3. The molecule has 0 heterocycles. The second kappa shape index (κ2) is 9.30. The molecule has 5 nitrogen and oxygen atoms in total. The van der Waals surface area contributed by atoms with Crippen LogP contribution in [0.15, 0.2) is 24.3 Å². The standard InChI is InChI=1S/C18H28N2O3/c1-4-18(5-2,10-11-21)13-19-17(23)12-15-6-8-16(9-7-15)20-14(3)22/h6-9,21H,4-5,10-13H2,1-3H3,(H,19,23)(H,20,22). The Morgan fingerprint density at radius 3 is 2.22 bits per heavy atom. The van der Waals surface area contributed by atoms with Crippen LogP contribution in [0.5, 0.6) is 0 Å². The van der Waals surface area contributed by atoms with Gasteiger partial charge in [0.05, 0.1) is 6.42 Å². The van der Waals surface area contributed by atoms with Gasteiger partial charge < -0.3 is 15.7 Å². The first-order valence-corrected chi connectivity index (χ1v) is 8.18. The lowest BCUT2D eigenvalue weighted by atomic mass is 9.79. The summed E-state index contributed by atoms with van der Waals surface area (Å²) in [7, 11) is 0. The molecule has 3 N–H and O–H groups in total. The van der Waals surface area contributed by atoms with Crippen molar-refractivity contribution in [3.63, 3.8) is 0 Å². The summed E-state index contributed by atoms with van der Waals surface area (Å²) in [5.74, 6) is -0.142. The second-order valence-corrected chi connectivity index (χ2v) is 6.01. The first-order chi connectivity index (χ1) is 10.9. The Hall–Kier alpha value is -1.88. The first-order valence-electron chi connectivity index (χ1n) is 8.18. The van der Waals surface area contributed by atoms with Crippen molar-refractivity contribution in [3.8, 4) is 0 Å². The van der Waals surface area contributed by atoms with Crippen LogP contribution in [0.2, 0.25) is 0 Å². The number of nitrogens with one attached hydrogen (secondary N) is 2. The van der Waals surface area contributed by atoms with E-state index in [1.54, 1.807) is 12.1 Å². The minimum absolute atomic E-state index is 0.0264. The zero-order valence-electron chi connectivity index (χ0n) is 14.3. The molecule has 1 rings (SSSR count). The lowest BCUT2D eigenvalue weighted by molar-refractivity contribution is -0.121. The Morgan fingerprint density at radius 1 is 1.13 bits per heavy atom. The summed E-state index contributed by atoms with van der Waals surface area (Å²) < 4.78 is 0. The topological polar surface area (TPSA) is 78.4 Å². The third-order valence-electron chi connectivity index (χ3n) is 4.44. The molecule has 0 aliphatic carbocycles. The molecule has 0 aromatic heterocycles. The van der Waals surface area contributed by atoms with Gasteiger partial charge in [0.1, 0.15) is 0 Å². The van der Waals surface area contributed by atoms with Gasteiger partial charge in [-0.2, -0.15) is 0 Å². The maximum Gasteiger partial charge on any atom is 0.224 e. The molecule has 128 valence electrons. The number of benzene rings is 1. The van der Waals surface area contributed by atoms with Gasteiger partial charge in [0, 0.05) is 25.8 Å². The average molecular weight is 320 g/mol. The van der Waals surface area contributed by atoms with E-state index >= 15 is 0 Å². The third-order valence-corrected chi connectivity index (χ3v) is 4.44. The molecule has 0 spiro atoms. The molecule has 0 bridgehead atoms. The fourth-order valence-electron chi connectivity index (χ4n) is 2.62. The van der Waals surface area contributed by atoms with Crippen LogP contribution < -0.4 is 10.6 Å². The molecule has 23 heavy (non-hydrogen) atoms. The number of hydrogen-bond donors (Lipinski definition) is 3. The Morgan fingerprint density at radius 2 is 1.74 bits per heavy atom. The number of carbonyl (C=O) groups excluding carboxylic acids is 2. The molecular weight excluding hydrogens is 292 g/mol. The highest BCUT2D eigenvalue weighted by Gasteiger charge is 2.25. The predicted molar refractivity (Wildman–Crippen MR) is 92.2 cm³/mol. The van der Waals surface area contributed by atoms with Crippen molar-refractivity contribution in [3.05, 3.63) is 29.8 Å². The highest BCUT2D eigenvalue weighted by atomic mass is 16.3. The van der Waals surface area contributed by atoms with E-state index in [2.05, 4.69) is 24.5 Å². The molecule has 0 aliphatic heterocycles. The normalized spacial score (nSPS) is 11.1. The van der Waals surface area contributed by atoms with Gasteiger partial charge in [0.25, 0.3) is 0 Å². The van der Waals surface area contributed by atoms with E-state index in [0.717, 1.165) is 24.1 Å². The summed E-state index contributed by atoms with van der Waals surface area (Å²) in [6.07, 6.45) is 2.86. The van der Waals surface area contributed by atoms with E-state index in [1.807, 2.05) is 12.1 Å². The van der Waals surface area contributed by atoms with Crippen LogP contribution in [0.3, 0.4) is 0 Å². The van der Waals surface area contributed by atoms with E-state index < -0.39 is 0 Å². The van der Waals surface area contributed by atoms with Gasteiger partial charge in [-0.05, 0) is 42.4 Å². The summed E-state index contributed by atoms with van der Waals surface area (Å²) in [6.45, 7) is 6.37. The van der Waals surface area contributed by atoms with E-state index in [9.17, 15) is 14.7 Å². The molecule has 0 saturated carbocycles. The summed E-state index contributed by atoms with van der Waals surface area (Å²) in [5, 5.41) is 14.9. The van der Waals surface area contributed by atoms with E-state index in [0.29, 0.717) is 19.4 Å². The van der Waals surface area contributed by atoms with Crippen LogP contribution in [0.4, 0.5) is 5.69 Å². The minimum atomic E-state index is -0.116. The second-order valence-electron chi connectivity index (χ2n) is 6.01. The Balaban J connectivity index is 2.54. The molecule has 2 amide bonds. The monoisotopic (exact) mass is 320 g/mol. The predicted octanol–water partition coefficient (Wildman–Crippen LogP) is 2.49. The van der Waals surface area contributed by atoms with Gasteiger partial charge in [-0.1, -0.05) is 26.0 Å². The molecule has 0 saturated heterocycles. The maximum atomic E-state index is 12.1. The molecule has 0 aliphatic rings. The molecule has 0 fully saturated rings. The van der Waals surface area contributed by atoms with Gasteiger partial charge in [0.15, 0.2) is 0 Å². The zero-order valence-corrected chi connectivity index (χ0v) is 14.3. The molecule has 5 heteroatoms. The van der Waals surface area contributed by atoms with Crippen LogP contribution in [0.1, 0.15) is 45.6 Å². The van der Waals surface area contributed by atoms with Crippen molar-refractivity contribution < 1.29 is 14.7 Å². The Bertz CT molecular complexity index is 508. The lowest BCUT2D eigenvalue weighted by Gasteiger charge is -2.31. The number of carbonyl (C=O) groups is 2. The van der Waals surface area contributed by atoms with Crippen LogP contribution in [0, 0.1) is 5.41 Å². The van der Waals surface area contributed by atoms with Crippen LogP contribution in [-0.4, -0.2) is 30.1 Å². The summed E-state index contributed by atoms with van der Waals surface area (Å²) in [5.41, 5.74) is 1.59. The average Bonchev–Trinajstić information content (AvgIpc) is 2.53. The quantitative estimate of drug-likeness (QED) is 0.654. The van der Waals surface area contributed by atoms with Crippen LogP contribution in [-0.2, 0) is 16.0 Å². The fraction of sp³-hybridized carbons (Fsp3) is 0.556. The third kappa shape index (κ3) is 6.40. The molecule has 0 unspecified atom stereocenters. The molecule has 0 atom stereocenters. The fourth-order valence-corrected chi connectivity index (χ4v) is 2.62. The largest absolute Gasteiger partial charge is 0.396 e. The van der Waals surface area contributed by atoms with Crippen LogP contribution in [0.25, 0.3) is 0 Å². The number of aliphatic hydroxyl groups excluding tert-OH is 1. The van der Waals surface area contributed by atoms with Gasteiger partial charge in [-0.3, -0.25) is 9.59 Å². The van der Waals surface area contributed by atoms with E-state index in [-0.39, 0.29) is 23.8 Å². The molecule has 1 aromatic rings. The first kappa shape index (κ1) is 19.2. The Kier molecular flexibility index (Phi) is 7.75. The van der Waals surface area contributed by atoms with Crippen molar-refractivity contribution in [1.29, 1.82) is 0 Å². The maximum absolute atomic E-state index is 12.1. The number of anilines is 1. The van der Waals surface area contributed by atoms with Crippen molar-refractivity contribution in [2.45, 2.75) is 46.5 Å². The van der Waals surface area contributed by atoms with Gasteiger partial charge in [0.2, 0.25) is 11.8 Å². The molecule has 1 aromatic carbocycles. The molecule has 0 radical (unpaired) electrons. The summed E-state index contributed by atoms with van der Waals surface area (Å²) in [6, 6.07) is 7.26. The summed E-state index contributed by atoms with van der Waals surface area (Å²) >= 11 is 0. The Labute approximate surface area is 138 Å². The van der Waals surface area contributed by atoms with Gasteiger partial charge >= 0.3 is 0 Å². The van der Waals surface area contributed by atoms with Crippen molar-refractivity contribution in [2.75, 3.05) is 18.5 Å². The highest BCUT2D eigenvalue weighted by Crippen LogP contribution is 2.29. The van der Waals surface area contributed by atoms with E-state index in [4.69, 9.17) is 0 Å². The number of amides is 2. The van der Waals surface area contributed by atoms with E-state index in [1.165, 1.54) is 6.92 Å². The van der Waals surface area contributed by atoms with Crippen molar-refractivity contribution in [1.82, 2.24) is 5.32 Å².